The van der Waals surface area contributed by atoms with Crippen LogP contribution >= 0.6 is 0 Å². The zero-order valence-corrected chi connectivity index (χ0v) is 14.0. The Morgan fingerprint density at radius 3 is 2.70 bits per heavy atom. The van der Waals surface area contributed by atoms with Gasteiger partial charge in [0.15, 0.2) is 11.4 Å². The van der Waals surface area contributed by atoms with Gasteiger partial charge < -0.3 is 5.11 Å². The summed E-state index contributed by atoms with van der Waals surface area (Å²) in [6.07, 6.45) is 11.3. The predicted molar refractivity (Wildman–Crippen MR) is 87.2 cm³/mol. The van der Waals surface area contributed by atoms with E-state index in [-0.39, 0.29) is 16.6 Å². The van der Waals surface area contributed by atoms with Crippen LogP contribution in [0, 0.1) is 39.9 Å². The van der Waals surface area contributed by atoms with Gasteiger partial charge in [0.05, 0.1) is 6.07 Å². The number of rotatable bonds is 0. The molecule has 0 spiro atoms. The quantitative estimate of drug-likeness (QED) is 0.696. The van der Waals surface area contributed by atoms with E-state index >= 15 is 0 Å². The maximum atomic E-state index is 11.7. The second kappa shape index (κ2) is 4.57. The molecule has 3 unspecified atom stereocenters. The van der Waals surface area contributed by atoms with E-state index < -0.39 is 5.60 Å². The lowest BCUT2D eigenvalue weighted by Crippen LogP contribution is -2.53. The maximum absolute atomic E-state index is 11.7. The second-order valence-electron chi connectivity index (χ2n) is 8.57. The summed E-state index contributed by atoms with van der Waals surface area (Å²) in [6, 6.07) is 2.23. The van der Waals surface area contributed by atoms with Crippen molar-refractivity contribution in [2.75, 3.05) is 0 Å². The van der Waals surface area contributed by atoms with Crippen LogP contribution in [-0.4, -0.2) is 16.5 Å². The third kappa shape index (κ3) is 1.76. The zero-order chi connectivity index (χ0) is 16.5. The highest BCUT2D eigenvalue weighted by Crippen LogP contribution is 2.66. The van der Waals surface area contributed by atoms with Gasteiger partial charge in [-0.2, -0.15) is 5.26 Å². The summed E-state index contributed by atoms with van der Waals surface area (Å²) in [7, 11) is 0. The van der Waals surface area contributed by atoms with Gasteiger partial charge in [0.2, 0.25) is 0 Å². The molecule has 0 amide bonds. The summed E-state index contributed by atoms with van der Waals surface area (Å²) in [5.74, 6) is 1.63. The summed E-state index contributed by atoms with van der Waals surface area (Å²) >= 11 is 0. The van der Waals surface area contributed by atoms with Crippen LogP contribution in [0.4, 0.5) is 0 Å². The van der Waals surface area contributed by atoms with Crippen LogP contribution in [0.25, 0.3) is 0 Å². The van der Waals surface area contributed by atoms with E-state index in [1.165, 1.54) is 5.57 Å². The first-order valence-corrected chi connectivity index (χ1v) is 8.92. The molecule has 3 nitrogen and oxygen atoms in total. The molecule has 4 aliphatic rings. The molecule has 0 aliphatic heterocycles. The first kappa shape index (κ1) is 15.1. The number of carbonyl (C=O) groups is 1. The molecule has 0 bridgehead atoms. The van der Waals surface area contributed by atoms with Gasteiger partial charge in [-0.05, 0) is 68.4 Å². The van der Waals surface area contributed by atoms with Crippen molar-refractivity contribution in [1.29, 1.82) is 5.26 Å². The molecule has 6 atom stereocenters. The van der Waals surface area contributed by atoms with E-state index in [1.807, 2.05) is 6.08 Å². The van der Waals surface area contributed by atoms with Crippen molar-refractivity contribution >= 4 is 5.78 Å². The highest BCUT2D eigenvalue weighted by Gasteiger charge is 2.64. The van der Waals surface area contributed by atoms with Gasteiger partial charge in [-0.1, -0.05) is 25.5 Å². The molecule has 3 heteroatoms. The fraction of sp³-hybridized carbons (Fsp3) is 0.700. The molecule has 0 saturated heterocycles. The fourth-order valence-corrected chi connectivity index (χ4v) is 6.40. The minimum atomic E-state index is -1.15. The monoisotopic (exact) mass is 311 g/mol. The predicted octanol–water partition coefficient (Wildman–Crippen LogP) is 3.55. The van der Waals surface area contributed by atoms with Crippen LogP contribution in [0.3, 0.4) is 0 Å². The fourth-order valence-electron chi connectivity index (χ4n) is 6.40. The van der Waals surface area contributed by atoms with Crippen molar-refractivity contribution in [3.05, 3.63) is 23.8 Å². The van der Waals surface area contributed by atoms with Crippen molar-refractivity contribution in [1.82, 2.24) is 0 Å². The number of allylic oxidation sites excluding steroid dienone is 4. The van der Waals surface area contributed by atoms with Crippen LogP contribution in [0.1, 0.15) is 52.4 Å². The number of ketones is 1. The minimum absolute atomic E-state index is 0.00843. The van der Waals surface area contributed by atoms with Gasteiger partial charge >= 0.3 is 0 Å². The summed E-state index contributed by atoms with van der Waals surface area (Å²) in [4.78, 5) is 11.7. The molecule has 1 N–H and O–H groups in total. The molecule has 3 fully saturated rings. The number of fused-ring (bicyclic) bond motifs is 5. The van der Waals surface area contributed by atoms with E-state index in [9.17, 15) is 15.2 Å². The summed E-state index contributed by atoms with van der Waals surface area (Å²) in [5.41, 5.74) is -0.138. The molecule has 4 aliphatic carbocycles. The van der Waals surface area contributed by atoms with E-state index in [0.29, 0.717) is 24.2 Å². The van der Waals surface area contributed by atoms with Crippen LogP contribution in [0.5, 0.6) is 0 Å². The van der Waals surface area contributed by atoms with E-state index in [2.05, 4.69) is 26.0 Å². The number of hydrogen-bond acceptors (Lipinski definition) is 3. The first-order valence-electron chi connectivity index (χ1n) is 8.92. The van der Waals surface area contributed by atoms with Gasteiger partial charge in [-0.25, -0.2) is 0 Å². The first-order chi connectivity index (χ1) is 10.8. The molecule has 0 aromatic rings. The Balaban J connectivity index is 1.72. The SMILES string of the molecule is C[C@]12C=CC(=O)C=C1CCC1C2CC[C@@]2(C)C1CC[C@]2(O)C#N. The summed E-state index contributed by atoms with van der Waals surface area (Å²) < 4.78 is 0. The van der Waals surface area contributed by atoms with Crippen molar-refractivity contribution < 1.29 is 9.90 Å². The molecule has 0 heterocycles. The van der Waals surface area contributed by atoms with E-state index in [0.717, 1.165) is 32.1 Å². The van der Waals surface area contributed by atoms with Gasteiger partial charge in [0.25, 0.3) is 0 Å². The lowest BCUT2D eigenvalue weighted by Gasteiger charge is -2.57. The lowest BCUT2D eigenvalue weighted by atomic mass is 9.47. The van der Waals surface area contributed by atoms with Gasteiger partial charge in [-0.15, -0.1) is 0 Å². The van der Waals surface area contributed by atoms with Crippen LogP contribution in [0.2, 0.25) is 0 Å². The average molecular weight is 311 g/mol. The molecule has 0 radical (unpaired) electrons. The van der Waals surface area contributed by atoms with Crippen LogP contribution in [-0.2, 0) is 4.79 Å². The second-order valence-corrected chi connectivity index (χ2v) is 8.57. The van der Waals surface area contributed by atoms with Crippen molar-refractivity contribution in [2.24, 2.45) is 28.6 Å². The molecular formula is C20H25NO2. The lowest BCUT2D eigenvalue weighted by molar-refractivity contribution is -0.111. The Hall–Kier alpha value is -1.40. The Kier molecular flexibility index (Phi) is 3.01. The van der Waals surface area contributed by atoms with Gasteiger partial charge in [0.1, 0.15) is 0 Å². The smallest absolute Gasteiger partial charge is 0.178 e. The van der Waals surface area contributed by atoms with Crippen molar-refractivity contribution in [3.8, 4) is 6.07 Å². The topological polar surface area (TPSA) is 61.1 Å². The van der Waals surface area contributed by atoms with Crippen molar-refractivity contribution in [3.63, 3.8) is 0 Å². The number of carbonyl (C=O) groups excluding carboxylic acids is 1. The highest BCUT2D eigenvalue weighted by molar-refractivity contribution is 6.01. The van der Waals surface area contributed by atoms with Crippen molar-refractivity contribution in [2.45, 2.75) is 58.0 Å². The third-order valence-corrected chi connectivity index (χ3v) is 7.89. The molecular weight excluding hydrogens is 286 g/mol. The summed E-state index contributed by atoms with van der Waals surface area (Å²) in [5, 5.41) is 20.4. The number of nitriles is 1. The van der Waals surface area contributed by atoms with E-state index in [1.54, 1.807) is 6.08 Å². The van der Waals surface area contributed by atoms with E-state index in [4.69, 9.17) is 0 Å². The zero-order valence-electron chi connectivity index (χ0n) is 14.0. The molecule has 3 saturated carbocycles. The Labute approximate surface area is 138 Å². The highest BCUT2D eigenvalue weighted by atomic mass is 16.3. The standard InChI is InChI=1S/C20H25NO2/c1-18-8-5-14(22)11-13(18)3-4-15-16(18)6-9-19(2)17(15)7-10-20(19,23)12-21/h5,8,11,15-17,23H,3-4,6-7,9-10H2,1-2H3/t15?,16?,17?,18-,19-,20-/m0/s1. The van der Waals surface area contributed by atoms with Crippen LogP contribution < -0.4 is 0 Å². The normalized spacial score (nSPS) is 51.3. The van der Waals surface area contributed by atoms with Crippen LogP contribution in [0.15, 0.2) is 23.8 Å². The van der Waals surface area contributed by atoms with Gasteiger partial charge in [0, 0.05) is 10.8 Å². The summed E-state index contributed by atoms with van der Waals surface area (Å²) in [6.45, 7) is 4.42. The average Bonchev–Trinajstić information content (AvgIpc) is 2.80. The minimum Gasteiger partial charge on any atom is -0.375 e. The largest absolute Gasteiger partial charge is 0.375 e. The number of aliphatic hydroxyl groups is 1. The van der Waals surface area contributed by atoms with Gasteiger partial charge in [-0.3, -0.25) is 4.79 Å². The molecule has 23 heavy (non-hydrogen) atoms. The molecule has 122 valence electrons. The molecule has 0 aromatic heterocycles. The maximum Gasteiger partial charge on any atom is 0.178 e. The Morgan fingerprint density at radius 1 is 1.22 bits per heavy atom. The molecule has 0 aromatic carbocycles. The number of hydrogen-bond donors (Lipinski definition) is 1. The third-order valence-electron chi connectivity index (χ3n) is 7.89. The number of nitrogens with zero attached hydrogens (tertiary/aromatic N) is 1. The molecule has 4 rings (SSSR count). The Bertz CT molecular complexity index is 672. The Morgan fingerprint density at radius 2 is 1.96 bits per heavy atom.